The molecule has 1 aliphatic rings. The van der Waals surface area contributed by atoms with E-state index in [4.69, 9.17) is 14.3 Å². The van der Waals surface area contributed by atoms with Crippen LogP contribution in [0.3, 0.4) is 0 Å². The molecule has 0 unspecified atom stereocenters. The Morgan fingerprint density at radius 2 is 1.67 bits per heavy atom. The highest BCUT2D eigenvalue weighted by Gasteiger charge is 2.38. The van der Waals surface area contributed by atoms with Crippen molar-refractivity contribution < 1.29 is 14.3 Å². The normalized spacial score (nSPS) is 23.2. The molecule has 4 nitrogen and oxygen atoms in total. The summed E-state index contributed by atoms with van der Waals surface area (Å²) in [5, 5.41) is 9.00. The molecule has 0 amide bonds. The molecule has 0 spiro atoms. The Balaban J connectivity index is 2.04. The molecule has 0 bridgehead atoms. The largest absolute Gasteiger partial charge is 0.462 e. The van der Waals surface area contributed by atoms with Gasteiger partial charge in [-0.15, -0.1) is 0 Å². The van der Waals surface area contributed by atoms with Crippen LogP contribution in [0.5, 0.6) is 0 Å². The third kappa shape index (κ3) is 3.34. The fourth-order valence-electron chi connectivity index (χ4n) is 2.87. The maximum absolute atomic E-state index is 9.00. The number of rotatable bonds is 3. The number of morpholine rings is 1. The van der Waals surface area contributed by atoms with Crippen LogP contribution in [0.2, 0.25) is 0 Å². The molecule has 18 heavy (non-hydrogen) atoms. The van der Waals surface area contributed by atoms with Crippen molar-refractivity contribution in [3.8, 4) is 0 Å². The molecule has 1 aliphatic heterocycles. The Hall–Kier alpha value is -0.840. The number of nitrogens with zero attached hydrogens (tertiary/aromatic N) is 1. The lowest BCUT2D eigenvalue weighted by Gasteiger charge is -2.47. The Morgan fingerprint density at radius 3 is 2.17 bits per heavy atom. The lowest BCUT2D eigenvalue weighted by atomic mass is 9.99. The van der Waals surface area contributed by atoms with Crippen LogP contribution in [0.25, 0.3) is 0 Å². The molecule has 1 aromatic rings. The molecule has 0 atom stereocenters. The van der Waals surface area contributed by atoms with Crippen LogP contribution in [0.15, 0.2) is 16.5 Å². The van der Waals surface area contributed by atoms with Crippen molar-refractivity contribution in [1.82, 2.24) is 4.90 Å². The highest BCUT2D eigenvalue weighted by Crippen LogP contribution is 2.29. The Kier molecular flexibility index (Phi) is 3.54. The van der Waals surface area contributed by atoms with Gasteiger partial charge in [0.05, 0.1) is 17.7 Å². The second kappa shape index (κ2) is 4.68. The van der Waals surface area contributed by atoms with Gasteiger partial charge < -0.3 is 14.3 Å². The van der Waals surface area contributed by atoms with Crippen LogP contribution in [-0.4, -0.2) is 34.3 Å². The van der Waals surface area contributed by atoms with Crippen LogP contribution in [0.4, 0.5) is 0 Å². The van der Waals surface area contributed by atoms with Gasteiger partial charge in [0, 0.05) is 13.1 Å². The van der Waals surface area contributed by atoms with Crippen molar-refractivity contribution in [2.24, 2.45) is 0 Å². The summed E-state index contributed by atoms with van der Waals surface area (Å²) in [6, 6.07) is 3.76. The van der Waals surface area contributed by atoms with Gasteiger partial charge in [-0.3, -0.25) is 4.90 Å². The summed E-state index contributed by atoms with van der Waals surface area (Å²) < 4.78 is 11.6. The maximum Gasteiger partial charge on any atom is 0.129 e. The van der Waals surface area contributed by atoms with E-state index in [1.165, 1.54) is 0 Å². The first kappa shape index (κ1) is 13.6. The summed E-state index contributed by atoms with van der Waals surface area (Å²) in [7, 11) is 0. The average molecular weight is 253 g/mol. The zero-order chi connectivity index (χ0) is 13.4. The maximum atomic E-state index is 9.00. The minimum atomic E-state index is -0.145. The van der Waals surface area contributed by atoms with Crippen molar-refractivity contribution in [2.75, 3.05) is 13.1 Å². The molecule has 2 heterocycles. The highest BCUT2D eigenvalue weighted by atomic mass is 16.5. The van der Waals surface area contributed by atoms with Crippen molar-refractivity contribution in [1.29, 1.82) is 0 Å². The minimum absolute atomic E-state index is 0.0416. The lowest BCUT2D eigenvalue weighted by Crippen LogP contribution is -2.56. The smallest absolute Gasteiger partial charge is 0.129 e. The molecular formula is C14H23NO3. The van der Waals surface area contributed by atoms with Crippen LogP contribution >= 0.6 is 0 Å². The third-order valence-electron chi connectivity index (χ3n) is 3.01. The molecule has 0 aliphatic carbocycles. The Morgan fingerprint density at radius 1 is 1.11 bits per heavy atom. The summed E-state index contributed by atoms with van der Waals surface area (Å²) in [5.74, 6) is 1.52. The van der Waals surface area contributed by atoms with E-state index >= 15 is 0 Å². The number of furan rings is 1. The van der Waals surface area contributed by atoms with Crippen molar-refractivity contribution in [2.45, 2.75) is 52.0 Å². The molecule has 0 aromatic carbocycles. The van der Waals surface area contributed by atoms with Crippen LogP contribution < -0.4 is 0 Å². The standard InChI is InChI=1S/C14H23NO3/c1-13(2)9-15(10-14(3,4)18-13)7-11-5-6-12(8-16)17-11/h5-6,16H,7-10H2,1-4H3. The molecule has 1 N–H and O–H groups in total. The molecule has 1 saturated heterocycles. The molecule has 2 rings (SSSR count). The fraction of sp³-hybridized carbons (Fsp3) is 0.714. The van der Waals surface area contributed by atoms with E-state index in [2.05, 4.69) is 32.6 Å². The third-order valence-corrected chi connectivity index (χ3v) is 3.01. The van der Waals surface area contributed by atoms with Gasteiger partial charge in [-0.05, 0) is 39.8 Å². The molecule has 0 saturated carbocycles. The molecule has 1 aromatic heterocycles. The molecule has 102 valence electrons. The topological polar surface area (TPSA) is 45.8 Å². The van der Waals surface area contributed by atoms with Crippen LogP contribution in [-0.2, 0) is 17.9 Å². The van der Waals surface area contributed by atoms with Crippen molar-refractivity contribution >= 4 is 0 Å². The predicted octanol–water partition coefficient (Wildman–Crippen LogP) is 2.16. The summed E-state index contributed by atoms with van der Waals surface area (Å²) in [4.78, 5) is 2.34. The second-order valence-corrected chi connectivity index (χ2v) is 6.29. The second-order valence-electron chi connectivity index (χ2n) is 6.29. The Bertz CT molecular complexity index is 393. The van der Waals surface area contributed by atoms with Crippen LogP contribution in [0, 0.1) is 0 Å². The molecular weight excluding hydrogens is 230 g/mol. The van der Waals surface area contributed by atoms with Gasteiger partial charge in [-0.1, -0.05) is 0 Å². The SMILES string of the molecule is CC1(C)CN(Cc2ccc(CO)o2)CC(C)(C)O1. The van der Waals surface area contributed by atoms with Gasteiger partial charge in [0.1, 0.15) is 18.1 Å². The van der Waals surface area contributed by atoms with Crippen molar-refractivity contribution in [3.63, 3.8) is 0 Å². The van der Waals surface area contributed by atoms with Gasteiger partial charge in [0.2, 0.25) is 0 Å². The first-order valence-electron chi connectivity index (χ1n) is 6.41. The van der Waals surface area contributed by atoms with Crippen molar-refractivity contribution in [3.05, 3.63) is 23.7 Å². The first-order valence-corrected chi connectivity index (χ1v) is 6.41. The van der Waals surface area contributed by atoms with E-state index < -0.39 is 0 Å². The van der Waals surface area contributed by atoms with Gasteiger partial charge in [0.25, 0.3) is 0 Å². The quantitative estimate of drug-likeness (QED) is 0.896. The molecule has 4 heteroatoms. The predicted molar refractivity (Wildman–Crippen MR) is 69.2 cm³/mol. The summed E-state index contributed by atoms with van der Waals surface area (Å²) in [6.07, 6.45) is 0. The van der Waals surface area contributed by atoms with E-state index in [0.717, 1.165) is 25.4 Å². The number of hydrogen-bond acceptors (Lipinski definition) is 4. The van der Waals surface area contributed by atoms with Gasteiger partial charge >= 0.3 is 0 Å². The number of aliphatic hydroxyl groups is 1. The minimum Gasteiger partial charge on any atom is -0.462 e. The summed E-state index contributed by atoms with van der Waals surface area (Å²) in [5.41, 5.74) is -0.289. The zero-order valence-electron chi connectivity index (χ0n) is 11.7. The number of ether oxygens (including phenoxy) is 1. The monoisotopic (exact) mass is 253 g/mol. The van der Waals surface area contributed by atoms with Gasteiger partial charge in [-0.25, -0.2) is 0 Å². The van der Waals surface area contributed by atoms with E-state index in [9.17, 15) is 0 Å². The molecule has 1 fully saturated rings. The highest BCUT2D eigenvalue weighted by molar-refractivity contribution is 5.07. The summed E-state index contributed by atoms with van der Waals surface area (Å²) >= 11 is 0. The number of aliphatic hydroxyl groups excluding tert-OH is 1. The zero-order valence-corrected chi connectivity index (χ0v) is 11.7. The summed E-state index contributed by atoms with van der Waals surface area (Å²) in [6.45, 7) is 10.9. The molecule has 0 radical (unpaired) electrons. The van der Waals surface area contributed by atoms with Gasteiger partial charge in [-0.2, -0.15) is 0 Å². The average Bonchev–Trinajstić information content (AvgIpc) is 2.60. The van der Waals surface area contributed by atoms with E-state index in [1.54, 1.807) is 0 Å². The first-order chi connectivity index (χ1) is 8.30. The van der Waals surface area contributed by atoms with E-state index in [0.29, 0.717) is 5.76 Å². The van der Waals surface area contributed by atoms with E-state index in [1.807, 2.05) is 12.1 Å². The number of hydrogen-bond donors (Lipinski definition) is 1. The fourth-order valence-corrected chi connectivity index (χ4v) is 2.87. The van der Waals surface area contributed by atoms with E-state index in [-0.39, 0.29) is 17.8 Å². The van der Waals surface area contributed by atoms with Crippen LogP contribution in [0.1, 0.15) is 39.2 Å². The Labute approximate surface area is 109 Å². The lowest BCUT2D eigenvalue weighted by molar-refractivity contribution is -0.182. The van der Waals surface area contributed by atoms with Gasteiger partial charge in [0.15, 0.2) is 0 Å².